The van der Waals surface area contributed by atoms with E-state index in [1.54, 1.807) is 29.3 Å². The van der Waals surface area contributed by atoms with Crippen LogP contribution in [-0.4, -0.2) is 19.3 Å². The molecule has 0 aliphatic heterocycles. The zero-order valence-electron chi connectivity index (χ0n) is 22.5. The number of aryl methyl sites for hydroxylation is 3. The van der Waals surface area contributed by atoms with Gasteiger partial charge in [0.15, 0.2) is 0 Å². The average Bonchev–Trinajstić information content (AvgIpc) is 3.37. The van der Waals surface area contributed by atoms with Gasteiger partial charge >= 0.3 is 0 Å². The van der Waals surface area contributed by atoms with Crippen LogP contribution in [0.1, 0.15) is 53.6 Å². The van der Waals surface area contributed by atoms with Gasteiger partial charge in [-0.1, -0.05) is 61.5 Å². The number of anilines is 1. The number of pyridine rings is 1. The summed E-state index contributed by atoms with van der Waals surface area (Å²) in [7, 11) is -3.72. The zero-order chi connectivity index (χ0) is 28.1. The minimum absolute atomic E-state index is 0.0545. The van der Waals surface area contributed by atoms with Crippen LogP contribution in [0, 0.1) is 0 Å². The molecule has 4 aromatic rings. The number of hydrogen-bond donors (Lipinski definition) is 2. The zero-order valence-corrected chi connectivity index (χ0v) is 23.3. The lowest BCUT2D eigenvalue weighted by Crippen LogP contribution is -2.31. The number of nitrogens with zero attached hydrogens (tertiary/aromatic N) is 1. The van der Waals surface area contributed by atoms with Crippen LogP contribution < -0.4 is 15.2 Å². The Morgan fingerprint density at radius 3 is 2.40 bits per heavy atom. The summed E-state index contributed by atoms with van der Waals surface area (Å²) in [5.41, 5.74) is 5.39. The first-order valence-electron chi connectivity index (χ1n) is 13.6. The lowest BCUT2D eigenvalue weighted by Gasteiger charge is -2.25. The van der Waals surface area contributed by atoms with Crippen LogP contribution in [0.15, 0.2) is 101 Å². The molecule has 3 aromatic carbocycles. The van der Waals surface area contributed by atoms with Crippen molar-refractivity contribution in [2.75, 3.05) is 4.90 Å². The Hall–Kier alpha value is -4.01. The predicted octanol–water partition coefficient (Wildman–Crippen LogP) is 5.07. The number of benzene rings is 3. The quantitative estimate of drug-likeness (QED) is 0.285. The van der Waals surface area contributed by atoms with Crippen molar-refractivity contribution in [3.63, 3.8) is 0 Å². The molecule has 0 bridgehead atoms. The summed E-state index contributed by atoms with van der Waals surface area (Å²) in [6, 6.07) is 25.4. The number of aromatic nitrogens is 1. The molecule has 7 nitrogen and oxygen atoms in total. The first-order valence-corrected chi connectivity index (χ1v) is 15.1. The molecule has 1 aliphatic rings. The summed E-state index contributed by atoms with van der Waals surface area (Å²) in [6.07, 6.45) is 4.77. The van der Waals surface area contributed by atoms with E-state index < -0.39 is 10.0 Å². The third kappa shape index (κ3) is 6.41. The van der Waals surface area contributed by atoms with E-state index in [1.165, 1.54) is 6.07 Å². The van der Waals surface area contributed by atoms with E-state index in [-0.39, 0.29) is 28.9 Å². The summed E-state index contributed by atoms with van der Waals surface area (Å²) in [4.78, 5) is 29.8. The minimum atomic E-state index is -3.72. The summed E-state index contributed by atoms with van der Waals surface area (Å²) in [6.45, 7) is 2.31. The fourth-order valence-electron chi connectivity index (χ4n) is 5.12. The second-order valence-electron chi connectivity index (χ2n) is 10.1. The number of sulfonamides is 1. The Labute approximate surface area is 234 Å². The lowest BCUT2D eigenvalue weighted by atomic mass is 10.1. The molecule has 1 amide bonds. The number of carbonyl (C=O) groups excluding carboxylic acids is 1. The largest absolute Gasteiger partial charge is 0.329 e. The molecule has 1 aliphatic carbocycles. The van der Waals surface area contributed by atoms with Crippen molar-refractivity contribution in [1.29, 1.82) is 0 Å². The van der Waals surface area contributed by atoms with Gasteiger partial charge in [0.2, 0.25) is 21.5 Å². The van der Waals surface area contributed by atoms with Crippen molar-refractivity contribution in [2.24, 2.45) is 0 Å². The van der Waals surface area contributed by atoms with E-state index in [9.17, 15) is 18.0 Å². The molecule has 8 heteroatoms. The standard InChI is InChI=1S/C32H33N3O4S/c1-2-23-8-15-28(16-9-23)40(38,39)34-30-17-13-26-12-14-27(20-29(26)30)35(22-25-10-18-31(36)33-21-25)32(37)19-11-24-6-4-3-5-7-24/h3-10,12,14-16,18,20-21,30,34H,2,11,13,17,19,22H2,1H3,(H,33,36). The van der Waals surface area contributed by atoms with Crippen molar-refractivity contribution in [3.8, 4) is 0 Å². The van der Waals surface area contributed by atoms with Crippen LogP contribution in [0.4, 0.5) is 5.69 Å². The van der Waals surface area contributed by atoms with E-state index >= 15 is 0 Å². The highest BCUT2D eigenvalue weighted by Crippen LogP contribution is 2.36. The molecule has 0 spiro atoms. The first-order chi connectivity index (χ1) is 19.3. The molecule has 5 rings (SSSR count). The van der Waals surface area contributed by atoms with E-state index in [4.69, 9.17) is 0 Å². The van der Waals surface area contributed by atoms with Gasteiger partial charge in [-0.05, 0) is 77.8 Å². The van der Waals surface area contributed by atoms with Gasteiger partial charge in [0, 0.05) is 30.4 Å². The second-order valence-corrected chi connectivity index (χ2v) is 11.8. The van der Waals surface area contributed by atoms with E-state index in [0.717, 1.165) is 40.7 Å². The monoisotopic (exact) mass is 555 g/mol. The van der Waals surface area contributed by atoms with E-state index in [2.05, 4.69) is 9.71 Å². The Morgan fingerprint density at radius 2 is 1.70 bits per heavy atom. The van der Waals surface area contributed by atoms with Crippen LogP contribution in [0.2, 0.25) is 0 Å². The van der Waals surface area contributed by atoms with Crippen LogP contribution in [0.5, 0.6) is 0 Å². The molecule has 206 valence electrons. The van der Waals surface area contributed by atoms with Gasteiger partial charge in [0.1, 0.15) is 0 Å². The average molecular weight is 556 g/mol. The van der Waals surface area contributed by atoms with Gasteiger partial charge in [-0.3, -0.25) is 9.59 Å². The second kappa shape index (κ2) is 12.0. The number of carbonyl (C=O) groups is 1. The molecule has 40 heavy (non-hydrogen) atoms. The van der Waals surface area contributed by atoms with Gasteiger partial charge in [-0.15, -0.1) is 0 Å². The van der Waals surface area contributed by atoms with Gasteiger partial charge < -0.3 is 9.88 Å². The molecule has 0 fully saturated rings. The van der Waals surface area contributed by atoms with E-state index in [1.807, 2.05) is 67.6 Å². The van der Waals surface area contributed by atoms with Gasteiger partial charge in [-0.2, -0.15) is 0 Å². The third-order valence-electron chi connectivity index (χ3n) is 7.42. The van der Waals surface area contributed by atoms with Crippen LogP contribution >= 0.6 is 0 Å². The van der Waals surface area contributed by atoms with Gasteiger partial charge in [0.05, 0.1) is 11.4 Å². The van der Waals surface area contributed by atoms with Crippen LogP contribution in [0.3, 0.4) is 0 Å². The molecule has 1 atom stereocenters. The summed E-state index contributed by atoms with van der Waals surface area (Å²) < 4.78 is 29.3. The highest BCUT2D eigenvalue weighted by molar-refractivity contribution is 7.89. The molecule has 2 N–H and O–H groups in total. The molecule has 1 heterocycles. The number of rotatable bonds is 10. The molecule has 0 saturated heterocycles. The highest BCUT2D eigenvalue weighted by Gasteiger charge is 2.29. The summed E-state index contributed by atoms with van der Waals surface area (Å²) in [5, 5.41) is 0. The maximum absolute atomic E-state index is 13.6. The van der Waals surface area contributed by atoms with Gasteiger partial charge in [-0.25, -0.2) is 13.1 Å². The summed E-state index contributed by atoms with van der Waals surface area (Å²) >= 11 is 0. The Morgan fingerprint density at radius 1 is 0.950 bits per heavy atom. The maximum Gasteiger partial charge on any atom is 0.247 e. The number of nitrogens with one attached hydrogen (secondary N) is 2. The number of aromatic amines is 1. The van der Waals surface area contributed by atoms with Gasteiger partial charge in [0.25, 0.3) is 0 Å². The van der Waals surface area contributed by atoms with Crippen molar-refractivity contribution < 1.29 is 13.2 Å². The van der Waals surface area contributed by atoms with Crippen LogP contribution in [-0.2, 0) is 40.6 Å². The van der Waals surface area contributed by atoms with E-state index in [0.29, 0.717) is 24.9 Å². The summed E-state index contributed by atoms with van der Waals surface area (Å²) in [5.74, 6) is -0.0545. The third-order valence-corrected chi connectivity index (χ3v) is 8.91. The topological polar surface area (TPSA) is 99.3 Å². The molecule has 0 radical (unpaired) electrons. The SMILES string of the molecule is CCc1ccc(S(=O)(=O)NC2CCc3ccc(N(Cc4ccc(=O)[nH]c4)C(=O)CCc4ccccc4)cc32)cc1. The minimum Gasteiger partial charge on any atom is -0.329 e. The smallest absolute Gasteiger partial charge is 0.247 e. The molecule has 0 saturated carbocycles. The Kier molecular flexibility index (Phi) is 8.28. The van der Waals surface area contributed by atoms with Crippen LogP contribution in [0.25, 0.3) is 0 Å². The van der Waals surface area contributed by atoms with Crippen molar-refractivity contribution in [3.05, 3.63) is 129 Å². The fraction of sp³-hybridized carbons (Fsp3) is 0.250. The first kappa shape index (κ1) is 27.6. The highest BCUT2D eigenvalue weighted by atomic mass is 32.2. The lowest BCUT2D eigenvalue weighted by molar-refractivity contribution is -0.118. The van der Waals surface area contributed by atoms with Crippen molar-refractivity contribution in [2.45, 2.75) is 56.5 Å². The maximum atomic E-state index is 13.6. The molecule has 1 aromatic heterocycles. The Bertz CT molecular complexity index is 1630. The Balaban J connectivity index is 1.41. The number of hydrogen-bond acceptors (Lipinski definition) is 4. The molecule has 1 unspecified atom stereocenters. The fourth-order valence-corrected chi connectivity index (χ4v) is 6.37. The number of H-pyrrole nitrogens is 1. The number of fused-ring (bicyclic) bond motifs is 1. The number of amides is 1. The van der Waals surface area contributed by atoms with Crippen molar-refractivity contribution >= 4 is 21.6 Å². The molecular weight excluding hydrogens is 522 g/mol. The predicted molar refractivity (Wildman–Crippen MR) is 157 cm³/mol. The van der Waals surface area contributed by atoms with Crippen molar-refractivity contribution in [1.82, 2.24) is 9.71 Å². The molecular formula is C32H33N3O4S. The normalized spacial score (nSPS) is 14.6.